The Bertz CT molecular complexity index is 810. The number of halogens is 1. The second-order valence-corrected chi connectivity index (χ2v) is 6.13. The van der Waals surface area contributed by atoms with Crippen molar-refractivity contribution in [2.24, 2.45) is 0 Å². The van der Waals surface area contributed by atoms with Gasteiger partial charge in [-0.2, -0.15) is 8.42 Å². The van der Waals surface area contributed by atoms with Crippen molar-refractivity contribution >= 4 is 21.6 Å². The van der Waals surface area contributed by atoms with E-state index < -0.39 is 42.8 Å². The average Bonchev–Trinajstić information content (AvgIpc) is 2.42. The Balaban J connectivity index is 2.43. The zero-order chi connectivity index (χ0) is 16.5. The van der Waals surface area contributed by atoms with Gasteiger partial charge in [-0.1, -0.05) is 12.1 Å². The smallest absolute Gasteiger partial charge is 0.346 e. The van der Waals surface area contributed by atoms with Gasteiger partial charge in [-0.3, -0.25) is 14.9 Å². The Morgan fingerprint density at radius 3 is 2.59 bits per heavy atom. The van der Waals surface area contributed by atoms with Crippen molar-refractivity contribution < 1.29 is 26.7 Å². The van der Waals surface area contributed by atoms with E-state index in [0.29, 0.717) is 6.08 Å². The summed E-state index contributed by atoms with van der Waals surface area (Å²) in [6.07, 6.45) is 2.48. The van der Waals surface area contributed by atoms with Crippen LogP contribution in [-0.2, 0) is 19.1 Å². The Kier molecular flexibility index (Phi) is 3.84. The number of hydrogen-bond acceptors (Lipinski definition) is 6. The van der Waals surface area contributed by atoms with Crippen molar-refractivity contribution in [1.82, 2.24) is 0 Å². The number of rotatable bonds is 4. The van der Waals surface area contributed by atoms with E-state index in [2.05, 4.69) is 4.18 Å². The van der Waals surface area contributed by atoms with Crippen LogP contribution in [-0.4, -0.2) is 24.8 Å². The van der Waals surface area contributed by atoms with E-state index in [4.69, 9.17) is 0 Å². The number of hydrogen-bond donors (Lipinski definition) is 0. The number of benzene rings is 1. The first-order valence-electron chi connectivity index (χ1n) is 5.96. The van der Waals surface area contributed by atoms with Gasteiger partial charge in [0.1, 0.15) is 5.67 Å². The molecule has 2 rings (SSSR count). The van der Waals surface area contributed by atoms with E-state index in [-0.39, 0.29) is 0 Å². The van der Waals surface area contributed by atoms with Crippen LogP contribution in [0.5, 0.6) is 0 Å². The zero-order valence-corrected chi connectivity index (χ0v) is 12.0. The minimum atomic E-state index is -4.65. The minimum absolute atomic E-state index is 0.696. The maximum absolute atomic E-state index is 13.8. The molecule has 1 aromatic carbocycles. The number of allylic oxidation sites excluding steroid dienone is 3. The number of para-hydroxylation sites is 1. The summed E-state index contributed by atoms with van der Waals surface area (Å²) >= 11 is 0. The Morgan fingerprint density at radius 2 is 1.95 bits per heavy atom. The minimum Gasteiger partial charge on any atom is -0.375 e. The molecule has 0 heterocycles. The van der Waals surface area contributed by atoms with Crippen molar-refractivity contribution in [2.75, 3.05) is 0 Å². The first-order chi connectivity index (χ1) is 10.1. The van der Waals surface area contributed by atoms with Gasteiger partial charge in [0, 0.05) is 12.1 Å². The van der Waals surface area contributed by atoms with Gasteiger partial charge < -0.3 is 4.18 Å². The van der Waals surface area contributed by atoms with Crippen LogP contribution in [0.2, 0.25) is 0 Å². The molecule has 0 amide bonds. The standard InChI is InChI=1S/C13H10FNO6S/c1-13(14)7-6-10(16)11(8-13)21-22(19,20)12-5-3-2-4-9(12)15(17)18/h2-8H,1H3/t13-/m0/s1. The lowest BCUT2D eigenvalue weighted by Crippen LogP contribution is -2.22. The number of nitro groups is 1. The molecule has 116 valence electrons. The molecule has 0 N–H and O–H groups in total. The van der Waals surface area contributed by atoms with Crippen LogP contribution in [0.4, 0.5) is 10.1 Å². The summed E-state index contributed by atoms with van der Waals surface area (Å²) in [5.74, 6) is -1.59. The van der Waals surface area contributed by atoms with Crippen LogP contribution in [0.15, 0.2) is 53.1 Å². The van der Waals surface area contributed by atoms with Gasteiger partial charge in [-0.15, -0.1) is 0 Å². The average molecular weight is 327 g/mol. The van der Waals surface area contributed by atoms with Crippen LogP contribution >= 0.6 is 0 Å². The predicted octanol–water partition coefficient (Wildman–Crippen LogP) is 2.05. The molecule has 22 heavy (non-hydrogen) atoms. The molecule has 1 aliphatic rings. The van der Waals surface area contributed by atoms with Crippen LogP contribution in [0.3, 0.4) is 0 Å². The predicted molar refractivity (Wildman–Crippen MR) is 73.1 cm³/mol. The number of carbonyl (C=O) groups is 1. The fourth-order valence-electron chi connectivity index (χ4n) is 1.74. The molecule has 0 aliphatic heterocycles. The highest BCUT2D eigenvalue weighted by atomic mass is 32.2. The normalized spacial score (nSPS) is 21.4. The van der Waals surface area contributed by atoms with Crippen LogP contribution in [0.1, 0.15) is 6.92 Å². The van der Waals surface area contributed by atoms with E-state index in [0.717, 1.165) is 31.2 Å². The lowest BCUT2D eigenvalue weighted by molar-refractivity contribution is -0.387. The number of ketones is 1. The monoisotopic (exact) mass is 327 g/mol. The molecule has 0 spiro atoms. The summed E-state index contributed by atoms with van der Waals surface area (Å²) in [5, 5.41) is 10.9. The first kappa shape index (κ1) is 15.8. The molecule has 0 bridgehead atoms. The summed E-state index contributed by atoms with van der Waals surface area (Å²) in [7, 11) is -4.65. The van der Waals surface area contributed by atoms with Crippen LogP contribution < -0.4 is 0 Å². The summed E-state index contributed by atoms with van der Waals surface area (Å²) in [6, 6.07) is 4.49. The summed E-state index contributed by atoms with van der Waals surface area (Å²) in [5.41, 5.74) is -2.76. The lowest BCUT2D eigenvalue weighted by Gasteiger charge is -2.17. The largest absolute Gasteiger partial charge is 0.375 e. The molecule has 0 fully saturated rings. The second-order valence-electron chi connectivity index (χ2n) is 4.62. The van der Waals surface area contributed by atoms with Crippen molar-refractivity contribution in [3.63, 3.8) is 0 Å². The third-order valence-electron chi connectivity index (χ3n) is 2.75. The Labute approximate surface area is 125 Å². The lowest BCUT2D eigenvalue weighted by atomic mass is 10.0. The highest BCUT2D eigenvalue weighted by molar-refractivity contribution is 7.87. The molecule has 1 aliphatic carbocycles. The number of nitro benzene ring substituents is 1. The zero-order valence-electron chi connectivity index (χ0n) is 11.2. The van der Waals surface area contributed by atoms with Gasteiger partial charge in [0.15, 0.2) is 10.7 Å². The maximum atomic E-state index is 13.8. The molecule has 9 heteroatoms. The van der Waals surface area contributed by atoms with Gasteiger partial charge in [0.2, 0.25) is 5.78 Å². The molecule has 1 aromatic rings. The van der Waals surface area contributed by atoms with E-state index >= 15 is 0 Å². The topological polar surface area (TPSA) is 104 Å². The van der Waals surface area contributed by atoms with Gasteiger partial charge in [-0.05, 0) is 25.1 Å². The highest BCUT2D eigenvalue weighted by Crippen LogP contribution is 2.29. The molecule has 0 radical (unpaired) electrons. The molecular formula is C13H10FNO6S. The third kappa shape index (κ3) is 3.19. The first-order valence-corrected chi connectivity index (χ1v) is 7.36. The van der Waals surface area contributed by atoms with E-state index in [9.17, 15) is 27.7 Å². The number of nitrogens with zero attached hydrogens (tertiary/aromatic N) is 1. The molecule has 7 nitrogen and oxygen atoms in total. The van der Waals surface area contributed by atoms with Gasteiger partial charge in [-0.25, -0.2) is 4.39 Å². The molecule has 0 aromatic heterocycles. The molecule has 0 saturated carbocycles. The van der Waals surface area contributed by atoms with Crippen LogP contribution in [0, 0.1) is 10.1 Å². The van der Waals surface area contributed by atoms with E-state index in [1.165, 1.54) is 12.1 Å². The van der Waals surface area contributed by atoms with E-state index in [1.807, 2.05) is 0 Å². The molecular weight excluding hydrogens is 317 g/mol. The SMILES string of the molecule is C[C@]1(F)C=CC(=O)C(OS(=O)(=O)c2ccccc2[N+](=O)[O-])=C1. The van der Waals surface area contributed by atoms with Crippen LogP contribution in [0.25, 0.3) is 0 Å². The fourth-order valence-corrected chi connectivity index (χ4v) is 2.84. The Morgan fingerprint density at radius 1 is 1.32 bits per heavy atom. The number of carbonyl (C=O) groups excluding carboxylic acids is 1. The summed E-state index contributed by atoms with van der Waals surface area (Å²) in [4.78, 5) is 20.8. The van der Waals surface area contributed by atoms with Gasteiger partial charge in [0.05, 0.1) is 4.92 Å². The maximum Gasteiger partial charge on any atom is 0.346 e. The van der Waals surface area contributed by atoms with Gasteiger partial charge >= 0.3 is 10.1 Å². The molecule has 0 saturated heterocycles. The number of alkyl halides is 1. The molecule has 0 unspecified atom stereocenters. The van der Waals surface area contributed by atoms with Crippen molar-refractivity contribution in [3.05, 3.63) is 58.4 Å². The van der Waals surface area contributed by atoms with Crippen molar-refractivity contribution in [1.29, 1.82) is 0 Å². The quantitative estimate of drug-likeness (QED) is 0.476. The van der Waals surface area contributed by atoms with Gasteiger partial charge in [0.25, 0.3) is 5.69 Å². The van der Waals surface area contributed by atoms with Crippen molar-refractivity contribution in [3.8, 4) is 0 Å². The Hall–Kier alpha value is -2.55. The summed E-state index contributed by atoms with van der Waals surface area (Å²) in [6.45, 7) is 1.09. The molecule has 1 atom stereocenters. The fraction of sp³-hybridized carbons (Fsp3) is 0.154. The highest BCUT2D eigenvalue weighted by Gasteiger charge is 2.32. The third-order valence-corrected chi connectivity index (χ3v) is 4.03. The van der Waals surface area contributed by atoms with Crippen molar-refractivity contribution in [2.45, 2.75) is 17.5 Å². The second kappa shape index (κ2) is 5.34. The van der Waals surface area contributed by atoms with E-state index in [1.54, 1.807) is 0 Å². The summed E-state index contributed by atoms with van der Waals surface area (Å²) < 4.78 is 42.6.